The van der Waals surface area contributed by atoms with Gasteiger partial charge in [-0.25, -0.2) is 4.98 Å². The zero-order chi connectivity index (χ0) is 17.9. The lowest BCUT2D eigenvalue weighted by molar-refractivity contribution is 0.0264. The molecule has 150 valence electrons. The maximum absolute atomic E-state index is 5.98. The minimum Gasteiger partial charge on any atom is -0.378 e. The SMILES string of the molecule is CN=C(NCCCCCOC1CCCCC1)N(C)Cc1csc(C)n1.I. The number of hydrogen-bond donors (Lipinski definition) is 1. The molecule has 1 aliphatic carbocycles. The second-order valence-corrected chi connectivity index (χ2v) is 7.94. The lowest BCUT2D eigenvalue weighted by atomic mass is 9.98. The monoisotopic (exact) mass is 494 g/mol. The quantitative estimate of drug-likeness (QED) is 0.236. The molecule has 0 amide bonds. The van der Waals surface area contributed by atoms with Crippen LogP contribution >= 0.6 is 35.3 Å². The van der Waals surface area contributed by atoms with E-state index in [1.54, 1.807) is 11.3 Å². The lowest BCUT2D eigenvalue weighted by Gasteiger charge is -2.22. The molecule has 1 heterocycles. The van der Waals surface area contributed by atoms with Gasteiger partial charge in [0, 0.05) is 32.6 Å². The number of guanidine groups is 1. The van der Waals surface area contributed by atoms with Crippen LogP contribution in [-0.4, -0.2) is 49.2 Å². The zero-order valence-corrected chi connectivity index (χ0v) is 19.6. The summed E-state index contributed by atoms with van der Waals surface area (Å²) in [6, 6.07) is 0. The van der Waals surface area contributed by atoms with Gasteiger partial charge in [-0.2, -0.15) is 0 Å². The van der Waals surface area contributed by atoms with Gasteiger partial charge < -0.3 is 15.0 Å². The van der Waals surface area contributed by atoms with Crippen molar-refractivity contribution >= 4 is 41.3 Å². The van der Waals surface area contributed by atoms with Crippen molar-refractivity contribution in [2.75, 3.05) is 27.2 Å². The van der Waals surface area contributed by atoms with E-state index in [2.05, 4.69) is 32.6 Å². The molecular formula is C19H35IN4OS. The van der Waals surface area contributed by atoms with Crippen LogP contribution in [0.4, 0.5) is 0 Å². The fourth-order valence-corrected chi connectivity index (χ4v) is 3.87. The van der Waals surface area contributed by atoms with Crippen molar-refractivity contribution in [3.8, 4) is 0 Å². The van der Waals surface area contributed by atoms with Crippen LogP contribution in [0.5, 0.6) is 0 Å². The minimum atomic E-state index is 0. The van der Waals surface area contributed by atoms with Crippen LogP contribution in [0, 0.1) is 6.92 Å². The molecule has 0 bridgehead atoms. The van der Waals surface area contributed by atoms with Gasteiger partial charge in [-0.1, -0.05) is 19.3 Å². The third-order valence-electron chi connectivity index (χ3n) is 4.65. The summed E-state index contributed by atoms with van der Waals surface area (Å²) < 4.78 is 5.98. The molecule has 1 fully saturated rings. The van der Waals surface area contributed by atoms with Gasteiger partial charge in [0.1, 0.15) is 0 Å². The summed E-state index contributed by atoms with van der Waals surface area (Å²) in [5, 5.41) is 6.68. The van der Waals surface area contributed by atoms with E-state index in [1.165, 1.54) is 38.5 Å². The third kappa shape index (κ3) is 8.99. The molecule has 2 rings (SSSR count). The van der Waals surface area contributed by atoms with Gasteiger partial charge in [0.2, 0.25) is 0 Å². The molecule has 1 aliphatic rings. The first kappa shape index (κ1) is 23.6. The average molecular weight is 494 g/mol. The van der Waals surface area contributed by atoms with Crippen molar-refractivity contribution in [3.63, 3.8) is 0 Å². The van der Waals surface area contributed by atoms with E-state index in [0.717, 1.165) is 49.2 Å². The highest BCUT2D eigenvalue weighted by Crippen LogP contribution is 2.20. The Labute approximate surface area is 180 Å². The predicted molar refractivity (Wildman–Crippen MR) is 122 cm³/mol. The summed E-state index contributed by atoms with van der Waals surface area (Å²) >= 11 is 1.69. The van der Waals surface area contributed by atoms with Crippen LogP contribution in [0.1, 0.15) is 62.1 Å². The number of unbranched alkanes of at least 4 members (excludes halogenated alkanes) is 2. The Bertz CT molecular complexity index is 517. The smallest absolute Gasteiger partial charge is 0.193 e. The van der Waals surface area contributed by atoms with E-state index in [9.17, 15) is 0 Å². The number of halogens is 1. The molecule has 1 aromatic rings. The Hall–Kier alpha value is -0.410. The number of aliphatic imine (C=N–C) groups is 1. The van der Waals surface area contributed by atoms with Crippen LogP contribution in [0.3, 0.4) is 0 Å². The van der Waals surface area contributed by atoms with Crippen LogP contribution in [0.15, 0.2) is 10.4 Å². The van der Waals surface area contributed by atoms with Gasteiger partial charge in [0.15, 0.2) is 5.96 Å². The average Bonchev–Trinajstić information content (AvgIpc) is 3.03. The largest absolute Gasteiger partial charge is 0.378 e. The first-order valence-electron chi connectivity index (χ1n) is 9.63. The van der Waals surface area contributed by atoms with Gasteiger partial charge in [-0.05, 0) is 39.0 Å². The highest BCUT2D eigenvalue weighted by atomic mass is 127. The van der Waals surface area contributed by atoms with E-state index in [4.69, 9.17) is 4.74 Å². The maximum atomic E-state index is 5.98. The molecule has 0 spiro atoms. The second-order valence-electron chi connectivity index (χ2n) is 6.88. The molecule has 26 heavy (non-hydrogen) atoms. The molecule has 1 aromatic heterocycles. The first-order chi connectivity index (χ1) is 12.2. The standard InChI is InChI=1S/C19H34N4OS.HI/c1-16-22-17(15-25-16)14-23(3)19(20-2)21-12-8-5-9-13-24-18-10-6-4-7-11-18;/h15,18H,4-14H2,1-3H3,(H,20,21);1H. The Kier molecular flexibility index (Phi) is 12.5. The Morgan fingerprint density at radius 1 is 1.31 bits per heavy atom. The predicted octanol–water partition coefficient (Wildman–Crippen LogP) is 4.60. The third-order valence-corrected chi connectivity index (χ3v) is 5.47. The lowest BCUT2D eigenvalue weighted by Crippen LogP contribution is -2.38. The van der Waals surface area contributed by atoms with Gasteiger partial charge in [0.25, 0.3) is 0 Å². The maximum Gasteiger partial charge on any atom is 0.193 e. The van der Waals surface area contributed by atoms with E-state index in [-0.39, 0.29) is 24.0 Å². The van der Waals surface area contributed by atoms with Gasteiger partial charge >= 0.3 is 0 Å². The molecule has 0 aromatic carbocycles. The topological polar surface area (TPSA) is 49.8 Å². The summed E-state index contributed by atoms with van der Waals surface area (Å²) in [6.45, 7) is 4.71. The molecule has 0 unspecified atom stereocenters. The molecule has 0 saturated heterocycles. The first-order valence-corrected chi connectivity index (χ1v) is 10.5. The number of aromatic nitrogens is 1. The van der Waals surface area contributed by atoms with Crippen LogP contribution in [-0.2, 0) is 11.3 Å². The van der Waals surface area contributed by atoms with Crippen molar-refractivity contribution in [1.29, 1.82) is 0 Å². The van der Waals surface area contributed by atoms with Crippen LogP contribution in [0.25, 0.3) is 0 Å². The molecule has 0 aliphatic heterocycles. The Balaban J connectivity index is 0.00000338. The van der Waals surface area contributed by atoms with Crippen molar-refractivity contribution in [2.45, 2.75) is 70.9 Å². The number of hydrogen-bond acceptors (Lipinski definition) is 4. The number of ether oxygens (including phenoxy) is 1. The summed E-state index contributed by atoms with van der Waals surface area (Å²) in [4.78, 5) is 11.0. The normalized spacial score (nSPS) is 15.6. The molecule has 0 radical (unpaired) electrons. The van der Waals surface area contributed by atoms with Gasteiger partial charge in [-0.3, -0.25) is 4.99 Å². The fraction of sp³-hybridized carbons (Fsp3) is 0.789. The van der Waals surface area contributed by atoms with Crippen molar-refractivity contribution in [2.24, 2.45) is 4.99 Å². The minimum absolute atomic E-state index is 0. The van der Waals surface area contributed by atoms with E-state index in [0.29, 0.717) is 6.10 Å². The highest BCUT2D eigenvalue weighted by Gasteiger charge is 2.13. The van der Waals surface area contributed by atoms with E-state index < -0.39 is 0 Å². The van der Waals surface area contributed by atoms with Crippen LogP contribution < -0.4 is 5.32 Å². The number of nitrogens with one attached hydrogen (secondary N) is 1. The number of aryl methyl sites for hydroxylation is 1. The fourth-order valence-electron chi connectivity index (χ4n) is 3.27. The molecule has 0 atom stereocenters. The Morgan fingerprint density at radius 2 is 2.08 bits per heavy atom. The summed E-state index contributed by atoms with van der Waals surface area (Å²) in [7, 11) is 3.89. The molecular weight excluding hydrogens is 459 g/mol. The van der Waals surface area contributed by atoms with Crippen LogP contribution in [0.2, 0.25) is 0 Å². The molecule has 1 saturated carbocycles. The molecule has 1 N–H and O–H groups in total. The molecule has 5 nitrogen and oxygen atoms in total. The van der Waals surface area contributed by atoms with E-state index >= 15 is 0 Å². The van der Waals surface area contributed by atoms with Gasteiger partial charge in [-0.15, -0.1) is 35.3 Å². The molecule has 7 heteroatoms. The van der Waals surface area contributed by atoms with Crippen molar-refractivity contribution in [1.82, 2.24) is 15.2 Å². The summed E-state index contributed by atoms with van der Waals surface area (Å²) in [5.41, 5.74) is 1.10. The Morgan fingerprint density at radius 3 is 2.73 bits per heavy atom. The summed E-state index contributed by atoms with van der Waals surface area (Å²) in [5.74, 6) is 0.934. The van der Waals surface area contributed by atoms with E-state index in [1.807, 2.05) is 14.0 Å². The van der Waals surface area contributed by atoms with Crippen molar-refractivity contribution < 1.29 is 4.74 Å². The second kappa shape index (κ2) is 13.7. The number of rotatable bonds is 9. The van der Waals surface area contributed by atoms with Crippen molar-refractivity contribution in [3.05, 3.63) is 16.1 Å². The number of nitrogens with zero attached hydrogens (tertiary/aromatic N) is 3. The number of thiazole rings is 1. The summed E-state index contributed by atoms with van der Waals surface area (Å²) in [6.07, 6.45) is 10.7. The van der Waals surface area contributed by atoms with Gasteiger partial charge in [0.05, 0.1) is 23.4 Å². The highest BCUT2D eigenvalue weighted by molar-refractivity contribution is 14.0. The zero-order valence-electron chi connectivity index (χ0n) is 16.5.